The average Bonchev–Trinajstić information content (AvgIpc) is 2.56. The van der Waals surface area contributed by atoms with Crippen LogP contribution in [0.5, 0.6) is 0 Å². The molecule has 0 aromatic heterocycles. The predicted octanol–water partition coefficient (Wildman–Crippen LogP) is 2.94. The van der Waals surface area contributed by atoms with Gasteiger partial charge in [0.25, 0.3) is 0 Å². The van der Waals surface area contributed by atoms with Gasteiger partial charge in [-0.15, -0.1) is 0 Å². The van der Waals surface area contributed by atoms with Crippen LogP contribution in [0.1, 0.15) is 27.2 Å². The highest BCUT2D eigenvalue weighted by atomic mass is 28.4. The van der Waals surface area contributed by atoms with Gasteiger partial charge >= 0.3 is 0 Å². The van der Waals surface area contributed by atoms with Crippen molar-refractivity contribution in [2.75, 3.05) is 0 Å². The van der Waals surface area contributed by atoms with Gasteiger partial charge in [0, 0.05) is 5.92 Å². The summed E-state index contributed by atoms with van der Waals surface area (Å²) in [5.41, 5.74) is 0. The minimum Gasteiger partial charge on any atom is -0.411 e. The molecule has 0 heterocycles. The number of fused-ring (bicyclic) bond motifs is 1. The van der Waals surface area contributed by atoms with E-state index in [0.29, 0.717) is 11.8 Å². The standard InChI is InChI=1S/C13H24O2Si/c1-13(2,3)16(4,5)15-12-10-8-6-7-9(10)11(12)14/h6-7,9-12,14H,8H2,1-5H3/t9-,10+,11+,12?/m0/s1. The number of rotatable bonds is 2. The summed E-state index contributed by atoms with van der Waals surface area (Å²) in [4.78, 5) is 0. The maximum atomic E-state index is 10.1. The molecular weight excluding hydrogens is 216 g/mol. The fraction of sp³-hybridized carbons (Fsp3) is 0.846. The van der Waals surface area contributed by atoms with Crippen LogP contribution in [0.2, 0.25) is 18.1 Å². The number of aliphatic hydroxyl groups is 1. The Balaban J connectivity index is 2.01. The molecular formula is C13H24O2Si. The van der Waals surface area contributed by atoms with Crippen LogP contribution in [0.25, 0.3) is 0 Å². The second-order valence-electron chi connectivity index (χ2n) is 6.74. The molecule has 0 aromatic carbocycles. The maximum absolute atomic E-state index is 10.1. The van der Waals surface area contributed by atoms with Gasteiger partial charge in [-0.05, 0) is 30.5 Å². The number of aliphatic hydroxyl groups excluding tert-OH is 1. The second-order valence-corrected chi connectivity index (χ2v) is 11.5. The van der Waals surface area contributed by atoms with E-state index in [4.69, 9.17) is 4.43 Å². The number of allylic oxidation sites excluding steroid dienone is 1. The minimum absolute atomic E-state index is 0.0842. The highest BCUT2D eigenvalue weighted by molar-refractivity contribution is 6.74. The molecule has 92 valence electrons. The van der Waals surface area contributed by atoms with E-state index in [1.54, 1.807) is 0 Å². The lowest BCUT2D eigenvalue weighted by molar-refractivity contribution is -0.121. The molecule has 3 heteroatoms. The molecule has 1 fully saturated rings. The maximum Gasteiger partial charge on any atom is 0.192 e. The summed E-state index contributed by atoms with van der Waals surface area (Å²) in [6.45, 7) is 11.3. The van der Waals surface area contributed by atoms with E-state index in [1.165, 1.54) is 0 Å². The first-order chi connectivity index (χ1) is 7.24. The Morgan fingerprint density at radius 1 is 1.31 bits per heavy atom. The van der Waals surface area contributed by atoms with Gasteiger partial charge < -0.3 is 9.53 Å². The van der Waals surface area contributed by atoms with E-state index >= 15 is 0 Å². The molecule has 0 saturated heterocycles. The minimum atomic E-state index is -1.73. The van der Waals surface area contributed by atoms with Crippen molar-refractivity contribution < 1.29 is 9.53 Å². The molecule has 1 N–H and O–H groups in total. The summed E-state index contributed by atoms with van der Waals surface area (Å²) in [5.74, 6) is 0.916. The molecule has 0 amide bonds. The summed E-state index contributed by atoms with van der Waals surface area (Å²) in [5, 5.41) is 10.3. The second kappa shape index (κ2) is 3.69. The molecule has 2 aliphatic carbocycles. The number of hydrogen-bond acceptors (Lipinski definition) is 2. The van der Waals surface area contributed by atoms with Gasteiger partial charge in [0.05, 0.1) is 12.2 Å². The quantitative estimate of drug-likeness (QED) is 0.594. The zero-order valence-electron chi connectivity index (χ0n) is 11.0. The van der Waals surface area contributed by atoms with E-state index in [2.05, 4.69) is 46.0 Å². The fourth-order valence-corrected chi connectivity index (χ4v) is 3.76. The molecule has 0 aliphatic heterocycles. The molecule has 0 bridgehead atoms. The zero-order chi connectivity index (χ0) is 12.1. The van der Waals surface area contributed by atoms with Gasteiger partial charge in [-0.3, -0.25) is 0 Å². The Morgan fingerprint density at radius 3 is 2.50 bits per heavy atom. The molecule has 0 spiro atoms. The normalized spacial score (nSPS) is 38.4. The summed E-state index contributed by atoms with van der Waals surface area (Å²) < 4.78 is 6.31. The third-order valence-electron chi connectivity index (χ3n) is 4.65. The molecule has 4 atom stereocenters. The highest BCUT2D eigenvalue weighted by Gasteiger charge is 2.53. The largest absolute Gasteiger partial charge is 0.411 e. The van der Waals surface area contributed by atoms with Crippen LogP contribution in [0.3, 0.4) is 0 Å². The molecule has 2 rings (SSSR count). The van der Waals surface area contributed by atoms with Gasteiger partial charge in [-0.25, -0.2) is 0 Å². The van der Waals surface area contributed by atoms with Crippen LogP contribution in [0, 0.1) is 11.8 Å². The third-order valence-corrected chi connectivity index (χ3v) is 9.12. The van der Waals surface area contributed by atoms with Gasteiger partial charge in [0.1, 0.15) is 0 Å². The van der Waals surface area contributed by atoms with Crippen molar-refractivity contribution in [3.05, 3.63) is 12.2 Å². The van der Waals surface area contributed by atoms with Crippen molar-refractivity contribution in [2.45, 2.75) is 57.5 Å². The zero-order valence-corrected chi connectivity index (χ0v) is 12.0. The van der Waals surface area contributed by atoms with Crippen molar-refractivity contribution in [3.63, 3.8) is 0 Å². The van der Waals surface area contributed by atoms with Gasteiger partial charge in [-0.2, -0.15) is 0 Å². The first-order valence-corrected chi connectivity index (χ1v) is 9.17. The molecule has 16 heavy (non-hydrogen) atoms. The van der Waals surface area contributed by atoms with Crippen LogP contribution in [0.4, 0.5) is 0 Å². The lowest BCUT2D eigenvalue weighted by atomic mass is 9.70. The Bertz CT molecular complexity index is 304. The molecule has 1 unspecified atom stereocenters. The van der Waals surface area contributed by atoms with Crippen LogP contribution in [-0.4, -0.2) is 25.6 Å². The summed E-state index contributed by atoms with van der Waals surface area (Å²) in [7, 11) is -1.73. The van der Waals surface area contributed by atoms with Crippen LogP contribution in [0.15, 0.2) is 12.2 Å². The Hall–Kier alpha value is -0.123. The smallest absolute Gasteiger partial charge is 0.192 e. The summed E-state index contributed by atoms with van der Waals surface area (Å²) in [6.07, 6.45) is 5.24. The monoisotopic (exact) mass is 240 g/mol. The Labute approximate surface area is 99.8 Å². The van der Waals surface area contributed by atoms with Crippen LogP contribution >= 0.6 is 0 Å². The number of hydrogen-bond donors (Lipinski definition) is 1. The summed E-state index contributed by atoms with van der Waals surface area (Å²) >= 11 is 0. The third kappa shape index (κ3) is 1.79. The predicted molar refractivity (Wildman–Crippen MR) is 68.8 cm³/mol. The summed E-state index contributed by atoms with van der Waals surface area (Å²) in [6, 6.07) is 0. The lowest BCUT2D eigenvalue weighted by Crippen LogP contribution is -2.59. The van der Waals surface area contributed by atoms with Gasteiger partial charge in [0.15, 0.2) is 8.32 Å². The topological polar surface area (TPSA) is 29.5 Å². The SMILES string of the molecule is CC(C)(C)[Si](C)(C)OC1[C@H](O)[C@H]2C=CC[C@@H]12. The average molecular weight is 240 g/mol. The van der Waals surface area contributed by atoms with E-state index in [-0.39, 0.29) is 17.2 Å². The Kier molecular flexibility index (Phi) is 2.84. The van der Waals surface area contributed by atoms with Crippen LogP contribution in [-0.2, 0) is 4.43 Å². The lowest BCUT2D eigenvalue weighted by Gasteiger charge is -2.50. The van der Waals surface area contributed by atoms with E-state index in [9.17, 15) is 5.11 Å². The molecule has 0 radical (unpaired) electrons. The Morgan fingerprint density at radius 2 is 1.94 bits per heavy atom. The highest BCUT2D eigenvalue weighted by Crippen LogP contribution is 2.48. The molecule has 2 aliphatic rings. The van der Waals surface area contributed by atoms with Crippen molar-refractivity contribution in [2.24, 2.45) is 11.8 Å². The van der Waals surface area contributed by atoms with E-state index < -0.39 is 8.32 Å². The van der Waals surface area contributed by atoms with Crippen molar-refractivity contribution >= 4 is 8.32 Å². The van der Waals surface area contributed by atoms with Crippen molar-refractivity contribution in [3.8, 4) is 0 Å². The first kappa shape index (κ1) is 12.3. The van der Waals surface area contributed by atoms with Crippen molar-refractivity contribution in [1.82, 2.24) is 0 Å². The van der Waals surface area contributed by atoms with Crippen LogP contribution < -0.4 is 0 Å². The fourth-order valence-electron chi connectivity index (χ4n) is 2.41. The molecule has 1 saturated carbocycles. The first-order valence-electron chi connectivity index (χ1n) is 6.26. The van der Waals surface area contributed by atoms with Gasteiger partial charge in [-0.1, -0.05) is 32.9 Å². The van der Waals surface area contributed by atoms with Crippen molar-refractivity contribution in [1.29, 1.82) is 0 Å². The molecule has 2 nitrogen and oxygen atoms in total. The molecule has 0 aromatic rings. The van der Waals surface area contributed by atoms with E-state index in [0.717, 1.165) is 6.42 Å². The van der Waals surface area contributed by atoms with E-state index in [1.807, 2.05) is 0 Å². The van der Waals surface area contributed by atoms with Gasteiger partial charge in [0.2, 0.25) is 0 Å².